The summed E-state index contributed by atoms with van der Waals surface area (Å²) >= 11 is 0. The molecular formula is C24H27NO5S2Si. The topological polar surface area (TPSA) is 80.8 Å². The van der Waals surface area contributed by atoms with Crippen LogP contribution in [0.25, 0.3) is 6.08 Å². The molecular weight excluding hydrogens is 474 g/mol. The molecule has 0 saturated heterocycles. The van der Waals surface area contributed by atoms with Crippen LogP contribution in [0.2, 0.25) is 19.6 Å². The third-order valence-electron chi connectivity index (χ3n) is 4.51. The van der Waals surface area contributed by atoms with Gasteiger partial charge in [-0.05, 0) is 50.0 Å². The molecule has 0 radical (unpaired) electrons. The van der Waals surface area contributed by atoms with Gasteiger partial charge < -0.3 is 4.43 Å². The van der Waals surface area contributed by atoms with Crippen molar-refractivity contribution in [3.05, 3.63) is 96.6 Å². The highest BCUT2D eigenvalue weighted by Gasteiger charge is 2.35. The van der Waals surface area contributed by atoms with E-state index in [1.165, 1.54) is 30.3 Å². The maximum atomic E-state index is 13.3. The van der Waals surface area contributed by atoms with Crippen LogP contribution in [-0.2, 0) is 20.0 Å². The van der Waals surface area contributed by atoms with Crippen LogP contribution >= 0.6 is 0 Å². The molecule has 0 saturated carbocycles. The average molecular weight is 502 g/mol. The number of para-hydroxylation sites is 1. The molecule has 0 N–H and O–H groups in total. The van der Waals surface area contributed by atoms with Gasteiger partial charge in [0, 0.05) is 12.1 Å². The van der Waals surface area contributed by atoms with Crippen LogP contribution in [0.1, 0.15) is 5.56 Å². The minimum Gasteiger partial charge on any atom is -0.544 e. The van der Waals surface area contributed by atoms with Crippen molar-refractivity contribution in [2.75, 3.05) is 6.54 Å². The molecule has 0 aliphatic heterocycles. The fourth-order valence-electron chi connectivity index (χ4n) is 3.05. The Labute approximate surface area is 197 Å². The Morgan fingerprint density at radius 3 is 1.67 bits per heavy atom. The van der Waals surface area contributed by atoms with Crippen molar-refractivity contribution in [2.45, 2.75) is 29.4 Å². The fraction of sp³-hybridized carbons (Fsp3) is 0.167. The molecule has 0 bridgehead atoms. The summed E-state index contributed by atoms with van der Waals surface area (Å²) in [4.78, 5) is -0.194. The van der Waals surface area contributed by atoms with E-state index in [-0.39, 0.29) is 16.3 Å². The predicted molar refractivity (Wildman–Crippen MR) is 133 cm³/mol. The summed E-state index contributed by atoms with van der Waals surface area (Å²) in [5.41, 5.74) is 0.745. The molecule has 0 atom stereocenters. The molecule has 0 aromatic heterocycles. The van der Waals surface area contributed by atoms with E-state index in [1.807, 2.05) is 24.3 Å². The molecule has 0 heterocycles. The molecule has 174 valence electrons. The summed E-state index contributed by atoms with van der Waals surface area (Å²) in [6.45, 7) is 5.83. The van der Waals surface area contributed by atoms with Crippen molar-refractivity contribution in [1.82, 2.24) is 3.71 Å². The fourth-order valence-corrected chi connectivity index (χ4v) is 7.48. The summed E-state index contributed by atoms with van der Waals surface area (Å²) in [5.74, 6) is 0.677. The largest absolute Gasteiger partial charge is 0.544 e. The monoisotopic (exact) mass is 501 g/mol. The Balaban J connectivity index is 2.01. The van der Waals surface area contributed by atoms with Crippen LogP contribution in [0, 0.1) is 0 Å². The minimum atomic E-state index is -4.33. The highest BCUT2D eigenvalue weighted by atomic mass is 32.3. The summed E-state index contributed by atoms with van der Waals surface area (Å²) in [6.07, 6.45) is 3.21. The number of rotatable bonds is 9. The smallest absolute Gasteiger partial charge is 0.256 e. The lowest BCUT2D eigenvalue weighted by Crippen LogP contribution is -2.37. The van der Waals surface area contributed by atoms with Crippen molar-refractivity contribution in [3.8, 4) is 5.75 Å². The first-order chi connectivity index (χ1) is 15.5. The van der Waals surface area contributed by atoms with Crippen molar-refractivity contribution in [2.24, 2.45) is 0 Å². The molecule has 0 spiro atoms. The lowest BCUT2D eigenvalue weighted by molar-refractivity contribution is 0.513. The average Bonchev–Trinajstić information content (AvgIpc) is 2.77. The zero-order valence-electron chi connectivity index (χ0n) is 18.7. The van der Waals surface area contributed by atoms with E-state index in [0.717, 1.165) is 5.56 Å². The third kappa shape index (κ3) is 6.20. The molecule has 6 nitrogen and oxygen atoms in total. The number of nitrogens with zero attached hydrogens (tertiary/aromatic N) is 1. The van der Waals surface area contributed by atoms with E-state index in [9.17, 15) is 16.8 Å². The Hall–Kier alpha value is -2.72. The van der Waals surface area contributed by atoms with Crippen molar-refractivity contribution in [3.63, 3.8) is 0 Å². The molecule has 0 aliphatic rings. The Morgan fingerprint density at radius 2 is 1.18 bits per heavy atom. The highest BCUT2D eigenvalue weighted by Crippen LogP contribution is 2.26. The second kappa shape index (κ2) is 10.0. The lowest BCUT2D eigenvalue weighted by atomic mass is 10.2. The third-order valence-corrected chi connectivity index (χ3v) is 9.62. The molecule has 0 unspecified atom stereocenters. The quantitative estimate of drug-likeness (QED) is 0.386. The van der Waals surface area contributed by atoms with Crippen LogP contribution < -0.4 is 4.43 Å². The van der Waals surface area contributed by atoms with Crippen molar-refractivity contribution >= 4 is 34.4 Å². The molecule has 3 rings (SSSR count). The van der Waals surface area contributed by atoms with Crippen LogP contribution in [0.3, 0.4) is 0 Å². The zero-order valence-corrected chi connectivity index (χ0v) is 21.4. The van der Waals surface area contributed by atoms with Gasteiger partial charge in [0.2, 0.25) is 8.32 Å². The number of benzene rings is 3. The van der Waals surface area contributed by atoms with E-state index >= 15 is 0 Å². The van der Waals surface area contributed by atoms with Gasteiger partial charge in [0.05, 0.1) is 9.79 Å². The summed E-state index contributed by atoms with van der Waals surface area (Å²) in [7, 11) is -10.5. The summed E-state index contributed by atoms with van der Waals surface area (Å²) < 4.78 is 60.0. The van der Waals surface area contributed by atoms with Gasteiger partial charge in [0.15, 0.2) is 0 Å². The Morgan fingerprint density at radius 1 is 0.727 bits per heavy atom. The van der Waals surface area contributed by atoms with Crippen LogP contribution in [0.15, 0.2) is 101 Å². The summed E-state index contributed by atoms with van der Waals surface area (Å²) in [5, 5.41) is 0. The van der Waals surface area contributed by atoms with Gasteiger partial charge in [0.1, 0.15) is 5.75 Å². The van der Waals surface area contributed by atoms with Gasteiger partial charge in [-0.25, -0.2) is 16.8 Å². The first-order valence-corrected chi connectivity index (χ1v) is 16.6. The van der Waals surface area contributed by atoms with Gasteiger partial charge in [-0.15, -0.1) is 0 Å². The van der Waals surface area contributed by atoms with Gasteiger partial charge >= 0.3 is 0 Å². The van der Waals surface area contributed by atoms with E-state index in [0.29, 0.717) is 9.46 Å². The highest BCUT2D eigenvalue weighted by molar-refractivity contribution is 8.04. The molecule has 3 aromatic rings. The second-order valence-electron chi connectivity index (χ2n) is 8.25. The number of sulfonamides is 2. The van der Waals surface area contributed by atoms with Gasteiger partial charge in [0.25, 0.3) is 20.0 Å². The van der Waals surface area contributed by atoms with Crippen LogP contribution in [-0.4, -0.2) is 35.4 Å². The first-order valence-electron chi connectivity index (χ1n) is 10.3. The van der Waals surface area contributed by atoms with Gasteiger partial charge in [-0.2, -0.15) is 0 Å². The molecule has 0 fully saturated rings. The van der Waals surface area contributed by atoms with Gasteiger partial charge in [-0.3, -0.25) is 0 Å². The normalized spacial score (nSPS) is 12.8. The molecule has 3 aromatic carbocycles. The number of hydrogen-bond donors (Lipinski definition) is 0. The maximum absolute atomic E-state index is 13.3. The lowest BCUT2D eigenvalue weighted by Gasteiger charge is -2.22. The first kappa shape index (κ1) is 24.9. The van der Waals surface area contributed by atoms with Gasteiger partial charge in [-0.1, -0.05) is 70.5 Å². The predicted octanol–water partition coefficient (Wildman–Crippen LogP) is 4.99. The zero-order chi connectivity index (χ0) is 24.1. The molecule has 33 heavy (non-hydrogen) atoms. The molecule has 9 heteroatoms. The van der Waals surface area contributed by atoms with E-state index in [2.05, 4.69) is 19.6 Å². The molecule has 0 amide bonds. The van der Waals surface area contributed by atoms with E-state index < -0.39 is 28.4 Å². The Bertz CT molecular complexity index is 1250. The summed E-state index contributed by atoms with van der Waals surface area (Å²) in [6, 6.07) is 22.5. The van der Waals surface area contributed by atoms with Crippen LogP contribution in [0.5, 0.6) is 5.75 Å². The second-order valence-corrected chi connectivity index (χ2v) is 16.6. The Kier molecular flexibility index (Phi) is 7.58. The van der Waals surface area contributed by atoms with Crippen LogP contribution in [0.4, 0.5) is 0 Å². The minimum absolute atomic E-state index is 0.0969. The van der Waals surface area contributed by atoms with E-state index in [4.69, 9.17) is 4.43 Å². The standard InChI is InChI=1S/C24H27NO5S2Si/c1-33(2,3)30-24-19-11-10-13-21(24)14-12-20-25(31(26,27)22-15-6-4-7-16-22)32(28,29)23-17-8-5-9-18-23/h4-19H,20H2,1-3H3/b14-12+. The van der Waals surface area contributed by atoms with E-state index in [1.54, 1.807) is 42.5 Å². The SMILES string of the molecule is C[Si](C)(C)Oc1ccccc1/C=C/CN(S(=O)(=O)c1ccccc1)S(=O)(=O)c1ccccc1. The number of hydrogen-bond acceptors (Lipinski definition) is 5. The van der Waals surface area contributed by atoms with Crippen molar-refractivity contribution in [1.29, 1.82) is 0 Å². The maximum Gasteiger partial charge on any atom is 0.256 e. The van der Waals surface area contributed by atoms with Crippen molar-refractivity contribution < 1.29 is 21.3 Å². The molecule has 0 aliphatic carbocycles.